The first-order valence-electron chi connectivity index (χ1n) is 11.8. The molecule has 0 saturated heterocycles. The molecule has 0 bridgehead atoms. The van der Waals surface area contributed by atoms with Crippen molar-refractivity contribution in [3.8, 4) is 28.7 Å². The van der Waals surface area contributed by atoms with Gasteiger partial charge in [-0.2, -0.15) is 0 Å². The first-order valence-corrected chi connectivity index (χ1v) is 11.8. The molecule has 4 aromatic rings. The molecule has 1 amide bonds. The lowest BCUT2D eigenvalue weighted by Crippen LogP contribution is -2.15. The maximum Gasteiger partial charge on any atom is 0.261 e. The number of hydrogen-bond donors (Lipinski definition) is 2. The number of amides is 1. The molecule has 5 rings (SSSR count). The molecule has 2 N–H and O–H groups in total. The molecule has 2 heterocycles. The summed E-state index contributed by atoms with van der Waals surface area (Å²) in [5.41, 5.74) is 0.465. The number of aliphatic hydroxyl groups excluding tert-OH is 1. The molecule has 1 saturated carbocycles. The Bertz CT molecular complexity index is 1470. The normalized spacial score (nSPS) is 12.7. The van der Waals surface area contributed by atoms with Crippen molar-refractivity contribution >= 4 is 22.5 Å². The van der Waals surface area contributed by atoms with Crippen LogP contribution in [-0.4, -0.2) is 47.4 Å². The number of anilines is 1. The standard InChI is InChI=1S/C27H23F2N3O6/c1-35-24-12-17-21(13-25(24)36-9-8-33)31-7-5-22(17)38-26-19(28)10-15(11-20(26)29)32-27(34)18-14-30-6-4-23(18)37-16-2-3-16/h4-7,10-14,16,33H,2-3,8-9H2,1H3,(H,32,34). The van der Waals surface area contributed by atoms with Gasteiger partial charge in [-0.15, -0.1) is 0 Å². The predicted octanol–water partition coefficient (Wildman–Crippen LogP) is 4.87. The maximum atomic E-state index is 15.0. The highest BCUT2D eigenvalue weighted by Crippen LogP contribution is 2.39. The Labute approximate surface area is 216 Å². The first kappa shape index (κ1) is 25.2. The summed E-state index contributed by atoms with van der Waals surface area (Å²) in [6.45, 7) is -0.141. The van der Waals surface area contributed by atoms with Crippen LogP contribution >= 0.6 is 0 Å². The Kier molecular flexibility index (Phi) is 7.18. The summed E-state index contributed by atoms with van der Waals surface area (Å²) >= 11 is 0. The molecule has 38 heavy (non-hydrogen) atoms. The number of fused-ring (bicyclic) bond motifs is 1. The van der Waals surface area contributed by atoms with Gasteiger partial charge in [-0.1, -0.05) is 0 Å². The monoisotopic (exact) mass is 523 g/mol. The zero-order valence-corrected chi connectivity index (χ0v) is 20.2. The Morgan fingerprint density at radius 1 is 1.05 bits per heavy atom. The number of carbonyl (C=O) groups is 1. The van der Waals surface area contributed by atoms with Gasteiger partial charge in [-0.05, 0) is 31.0 Å². The van der Waals surface area contributed by atoms with E-state index in [-0.39, 0.29) is 36.3 Å². The second kappa shape index (κ2) is 10.9. The van der Waals surface area contributed by atoms with Gasteiger partial charge in [0.2, 0.25) is 0 Å². The molecular weight excluding hydrogens is 500 g/mol. The van der Waals surface area contributed by atoms with E-state index in [1.807, 2.05) is 0 Å². The summed E-state index contributed by atoms with van der Waals surface area (Å²) in [6, 6.07) is 8.07. The van der Waals surface area contributed by atoms with E-state index in [0.717, 1.165) is 25.0 Å². The molecule has 0 aliphatic heterocycles. The van der Waals surface area contributed by atoms with Gasteiger partial charge < -0.3 is 29.4 Å². The number of hydrogen-bond acceptors (Lipinski definition) is 8. The van der Waals surface area contributed by atoms with Crippen LogP contribution in [0.15, 0.2) is 55.0 Å². The summed E-state index contributed by atoms with van der Waals surface area (Å²) in [5, 5.41) is 11.9. The van der Waals surface area contributed by atoms with Gasteiger partial charge in [-0.25, -0.2) is 8.78 Å². The summed E-state index contributed by atoms with van der Waals surface area (Å²) in [5.74, 6) is -2.19. The number of benzene rings is 2. The van der Waals surface area contributed by atoms with Crippen molar-refractivity contribution in [1.82, 2.24) is 9.97 Å². The Morgan fingerprint density at radius 2 is 1.82 bits per heavy atom. The molecule has 2 aromatic heterocycles. The van der Waals surface area contributed by atoms with E-state index in [2.05, 4.69) is 15.3 Å². The summed E-state index contributed by atoms with van der Waals surface area (Å²) in [7, 11) is 1.43. The van der Waals surface area contributed by atoms with Crippen LogP contribution in [0.4, 0.5) is 14.5 Å². The molecule has 1 aliphatic rings. The van der Waals surface area contributed by atoms with Crippen molar-refractivity contribution in [3.63, 3.8) is 0 Å². The highest BCUT2D eigenvalue weighted by Gasteiger charge is 2.26. The molecule has 1 fully saturated rings. The van der Waals surface area contributed by atoms with E-state index >= 15 is 8.78 Å². The van der Waals surface area contributed by atoms with Gasteiger partial charge >= 0.3 is 0 Å². The lowest BCUT2D eigenvalue weighted by Gasteiger charge is -2.15. The molecule has 9 nitrogen and oxygen atoms in total. The molecule has 0 unspecified atom stereocenters. The number of rotatable bonds is 10. The molecular formula is C27H23F2N3O6. The maximum absolute atomic E-state index is 15.0. The zero-order chi connectivity index (χ0) is 26.6. The molecule has 0 atom stereocenters. The highest BCUT2D eigenvalue weighted by molar-refractivity contribution is 6.06. The lowest BCUT2D eigenvalue weighted by atomic mass is 10.1. The Hall–Kier alpha value is -4.51. The van der Waals surface area contributed by atoms with Crippen molar-refractivity contribution in [1.29, 1.82) is 0 Å². The number of aliphatic hydroxyl groups is 1. The molecule has 0 radical (unpaired) electrons. The minimum absolute atomic E-state index is 0.0486. The summed E-state index contributed by atoms with van der Waals surface area (Å²) in [6.07, 6.45) is 6.11. The topological polar surface area (TPSA) is 112 Å². The fraction of sp³-hybridized carbons (Fsp3) is 0.222. The number of nitrogens with one attached hydrogen (secondary N) is 1. The number of ether oxygens (including phenoxy) is 4. The van der Waals surface area contributed by atoms with Crippen LogP contribution in [0.25, 0.3) is 10.9 Å². The second-order valence-corrected chi connectivity index (χ2v) is 8.42. The van der Waals surface area contributed by atoms with E-state index in [4.69, 9.17) is 24.1 Å². The number of nitrogens with zero attached hydrogens (tertiary/aromatic N) is 2. The van der Waals surface area contributed by atoms with Gasteiger partial charge in [0.25, 0.3) is 5.91 Å². The smallest absolute Gasteiger partial charge is 0.261 e. The SMILES string of the molecule is COc1cc2c(Oc3c(F)cc(NC(=O)c4cnccc4OC4CC4)cc3F)ccnc2cc1OCCO. The van der Waals surface area contributed by atoms with E-state index in [9.17, 15) is 4.79 Å². The third-order valence-corrected chi connectivity index (χ3v) is 5.65. The van der Waals surface area contributed by atoms with Crippen LogP contribution in [0.3, 0.4) is 0 Å². The second-order valence-electron chi connectivity index (χ2n) is 8.42. The van der Waals surface area contributed by atoms with Gasteiger partial charge in [-0.3, -0.25) is 14.8 Å². The highest BCUT2D eigenvalue weighted by atomic mass is 19.1. The van der Waals surface area contributed by atoms with Crippen LogP contribution in [0, 0.1) is 11.6 Å². The quantitative estimate of drug-likeness (QED) is 0.303. The van der Waals surface area contributed by atoms with Gasteiger partial charge in [0, 0.05) is 47.9 Å². The first-order chi connectivity index (χ1) is 18.5. The average molecular weight is 523 g/mol. The predicted molar refractivity (Wildman–Crippen MR) is 133 cm³/mol. The van der Waals surface area contributed by atoms with Crippen molar-refractivity contribution in [2.75, 3.05) is 25.6 Å². The van der Waals surface area contributed by atoms with E-state index in [1.54, 1.807) is 18.2 Å². The van der Waals surface area contributed by atoms with Crippen LogP contribution in [0.5, 0.6) is 28.7 Å². The molecule has 0 spiro atoms. The van der Waals surface area contributed by atoms with Crippen LogP contribution in [0.2, 0.25) is 0 Å². The van der Waals surface area contributed by atoms with Crippen LogP contribution in [-0.2, 0) is 0 Å². The van der Waals surface area contributed by atoms with E-state index < -0.39 is 23.3 Å². The number of pyridine rings is 2. The third-order valence-electron chi connectivity index (χ3n) is 5.65. The summed E-state index contributed by atoms with van der Waals surface area (Å²) in [4.78, 5) is 21.0. The minimum atomic E-state index is -1.03. The van der Waals surface area contributed by atoms with Crippen molar-refractivity contribution in [2.24, 2.45) is 0 Å². The lowest BCUT2D eigenvalue weighted by molar-refractivity contribution is 0.102. The molecule has 196 valence electrons. The summed E-state index contributed by atoms with van der Waals surface area (Å²) < 4.78 is 52.2. The van der Waals surface area contributed by atoms with Crippen molar-refractivity contribution in [2.45, 2.75) is 18.9 Å². The van der Waals surface area contributed by atoms with Crippen LogP contribution in [0.1, 0.15) is 23.2 Å². The zero-order valence-electron chi connectivity index (χ0n) is 20.2. The fourth-order valence-corrected chi connectivity index (χ4v) is 3.70. The number of methoxy groups -OCH3 is 1. The van der Waals surface area contributed by atoms with Crippen molar-refractivity contribution < 1.29 is 37.6 Å². The molecule has 11 heteroatoms. The number of halogens is 2. The van der Waals surface area contributed by atoms with Gasteiger partial charge in [0.15, 0.2) is 28.9 Å². The van der Waals surface area contributed by atoms with Gasteiger partial charge in [0.1, 0.15) is 18.1 Å². The van der Waals surface area contributed by atoms with Crippen LogP contribution < -0.4 is 24.3 Å². The Balaban J connectivity index is 1.39. The average Bonchev–Trinajstić information content (AvgIpc) is 3.73. The third kappa shape index (κ3) is 5.42. The molecule has 2 aromatic carbocycles. The van der Waals surface area contributed by atoms with E-state index in [0.29, 0.717) is 28.2 Å². The Morgan fingerprint density at radius 3 is 2.53 bits per heavy atom. The van der Waals surface area contributed by atoms with Gasteiger partial charge in [0.05, 0.1) is 30.9 Å². The number of aromatic nitrogens is 2. The minimum Gasteiger partial charge on any atom is -0.493 e. The van der Waals surface area contributed by atoms with E-state index in [1.165, 1.54) is 31.8 Å². The fourth-order valence-electron chi connectivity index (χ4n) is 3.70. The molecule has 1 aliphatic carbocycles. The van der Waals surface area contributed by atoms with Crippen molar-refractivity contribution in [3.05, 3.63) is 72.2 Å². The number of carbonyl (C=O) groups excluding carboxylic acids is 1. The largest absolute Gasteiger partial charge is 0.493 e.